The lowest BCUT2D eigenvalue weighted by Crippen LogP contribution is -2.39. The van der Waals surface area contributed by atoms with E-state index in [9.17, 15) is 4.79 Å². The first kappa shape index (κ1) is 16.2. The molecule has 3 heteroatoms. The summed E-state index contributed by atoms with van der Waals surface area (Å²) in [6, 6.07) is 0.447. The Morgan fingerprint density at radius 1 is 1.37 bits per heavy atom. The highest BCUT2D eigenvalue weighted by Gasteiger charge is 2.27. The molecule has 0 atom stereocenters. The maximum absolute atomic E-state index is 12.4. The largest absolute Gasteiger partial charge is 0.336 e. The molecule has 1 aliphatic carbocycles. The van der Waals surface area contributed by atoms with E-state index >= 15 is 0 Å². The molecule has 0 aliphatic heterocycles. The quantitative estimate of drug-likeness (QED) is 0.686. The molecule has 0 bridgehead atoms. The van der Waals surface area contributed by atoms with Crippen molar-refractivity contribution in [1.29, 1.82) is 0 Å². The zero-order valence-electron chi connectivity index (χ0n) is 12.7. The minimum absolute atomic E-state index is 0.167. The van der Waals surface area contributed by atoms with Crippen molar-refractivity contribution in [3.63, 3.8) is 0 Å². The van der Waals surface area contributed by atoms with Gasteiger partial charge in [0.25, 0.3) is 0 Å². The molecule has 1 saturated carbocycles. The number of carbonyl (C=O) groups is 1. The van der Waals surface area contributed by atoms with E-state index in [4.69, 9.17) is 5.73 Å². The first-order valence-corrected chi connectivity index (χ1v) is 7.60. The van der Waals surface area contributed by atoms with Gasteiger partial charge in [0.15, 0.2) is 0 Å². The summed E-state index contributed by atoms with van der Waals surface area (Å²) in [5.74, 6) is 0.289. The van der Waals surface area contributed by atoms with Gasteiger partial charge < -0.3 is 10.6 Å². The third kappa shape index (κ3) is 5.35. The molecule has 110 valence electrons. The Bertz CT molecular complexity index is 293. The molecule has 2 N–H and O–H groups in total. The van der Waals surface area contributed by atoms with Crippen molar-refractivity contribution < 1.29 is 4.79 Å². The molecule has 1 aliphatic rings. The smallest absolute Gasteiger partial charge is 0.223 e. The van der Waals surface area contributed by atoms with Gasteiger partial charge in [-0.05, 0) is 37.6 Å². The van der Waals surface area contributed by atoms with E-state index < -0.39 is 0 Å². The summed E-state index contributed by atoms with van der Waals surface area (Å²) >= 11 is 0. The normalized spacial score (nSPS) is 16.6. The molecule has 3 nitrogen and oxygen atoms in total. The van der Waals surface area contributed by atoms with Crippen LogP contribution in [0.15, 0.2) is 12.7 Å². The molecular weight excluding hydrogens is 236 g/mol. The average molecular weight is 266 g/mol. The van der Waals surface area contributed by atoms with Gasteiger partial charge >= 0.3 is 0 Å². The number of nitrogens with two attached hydrogens (primary N) is 1. The van der Waals surface area contributed by atoms with Crippen LogP contribution in [0.3, 0.4) is 0 Å². The number of nitrogens with zero attached hydrogens (tertiary/aromatic N) is 1. The Labute approximate surface area is 118 Å². The van der Waals surface area contributed by atoms with Crippen LogP contribution < -0.4 is 5.73 Å². The van der Waals surface area contributed by atoms with Crippen molar-refractivity contribution in [2.24, 2.45) is 11.1 Å². The lowest BCUT2D eigenvalue weighted by atomic mass is 9.84. The second-order valence-electron chi connectivity index (χ2n) is 6.48. The minimum atomic E-state index is 0.167. The Morgan fingerprint density at radius 3 is 2.53 bits per heavy atom. The molecule has 0 heterocycles. The van der Waals surface area contributed by atoms with E-state index in [2.05, 4.69) is 20.4 Å². The summed E-state index contributed by atoms with van der Waals surface area (Å²) in [5, 5.41) is 0. The van der Waals surface area contributed by atoms with Crippen LogP contribution in [0.4, 0.5) is 0 Å². The van der Waals surface area contributed by atoms with Crippen molar-refractivity contribution in [3.8, 4) is 0 Å². The molecule has 0 aromatic heterocycles. The summed E-state index contributed by atoms with van der Waals surface area (Å²) in [5.41, 5.74) is 5.79. The third-order valence-electron chi connectivity index (χ3n) is 4.25. The van der Waals surface area contributed by atoms with E-state index in [0.29, 0.717) is 25.6 Å². The zero-order valence-corrected chi connectivity index (χ0v) is 12.7. The molecule has 1 amide bonds. The fourth-order valence-electron chi connectivity index (χ4n) is 2.91. The topological polar surface area (TPSA) is 46.3 Å². The van der Waals surface area contributed by atoms with Gasteiger partial charge in [0, 0.05) is 19.0 Å². The van der Waals surface area contributed by atoms with Crippen LogP contribution in [-0.4, -0.2) is 29.9 Å². The Hall–Kier alpha value is -0.830. The van der Waals surface area contributed by atoms with Crippen LogP contribution in [0.5, 0.6) is 0 Å². The highest BCUT2D eigenvalue weighted by Crippen LogP contribution is 2.28. The highest BCUT2D eigenvalue weighted by atomic mass is 16.2. The van der Waals surface area contributed by atoms with Crippen LogP contribution in [0.25, 0.3) is 0 Å². The molecule has 19 heavy (non-hydrogen) atoms. The second-order valence-corrected chi connectivity index (χ2v) is 6.48. The summed E-state index contributed by atoms with van der Waals surface area (Å²) in [7, 11) is 0. The van der Waals surface area contributed by atoms with Crippen molar-refractivity contribution in [2.75, 3.05) is 13.1 Å². The van der Waals surface area contributed by atoms with Crippen molar-refractivity contribution in [2.45, 2.75) is 64.8 Å². The molecule has 0 spiro atoms. The Balaban J connectivity index is 2.50. The lowest BCUT2D eigenvalue weighted by molar-refractivity contribution is -0.133. The van der Waals surface area contributed by atoms with E-state index in [1.165, 1.54) is 12.8 Å². The molecule has 0 aromatic carbocycles. The molecule has 0 radical (unpaired) electrons. The second kappa shape index (κ2) is 7.68. The maximum Gasteiger partial charge on any atom is 0.223 e. The van der Waals surface area contributed by atoms with Crippen LogP contribution in [0, 0.1) is 5.41 Å². The number of rotatable bonds is 8. The Kier molecular flexibility index (Phi) is 6.56. The maximum atomic E-state index is 12.4. The molecular formula is C16H30N2O. The number of amides is 1. The monoisotopic (exact) mass is 266 g/mol. The molecule has 0 unspecified atom stereocenters. The van der Waals surface area contributed by atoms with Gasteiger partial charge in [-0.3, -0.25) is 4.79 Å². The van der Waals surface area contributed by atoms with Crippen molar-refractivity contribution >= 4 is 5.91 Å². The highest BCUT2D eigenvalue weighted by molar-refractivity contribution is 5.76. The SMILES string of the molecule is C=CCN(C(=O)CCC(C)(C)CCN)C1CCCC1. The van der Waals surface area contributed by atoms with Crippen molar-refractivity contribution in [3.05, 3.63) is 12.7 Å². The van der Waals surface area contributed by atoms with E-state index in [-0.39, 0.29) is 11.3 Å². The first-order valence-electron chi connectivity index (χ1n) is 7.60. The Morgan fingerprint density at radius 2 is 2.00 bits per heavy atom. The molecule has 0 saturated heterocycles. The zero-order chi connectivity index (χ0) is 14.3. The molecule has 1 fully saturated rings. The van der Waals surface area contributed by atoms with Crippen LogP contribution >= 0.6 is 0 Å². The van der Waals surface area contributed by atoms with Crippen molar-refractivity contribution in [1.82, 2.24) is 4.90 Å². The predicted molar refractivity (Wildman–Crippen MR) is 80.9 cm³/mol. The minimum Gasteiger partial charge on any atom is -0.336 e. The first-order chi connectivity index (χ1) is 9.00. The fourth-order valence-corrected chi connectivity index (χ4v) is 2.91. The number of hydrogen-bond acceptors (Lipinski definition) is 2. The summed E-state index contributed by atoms with van der Waals surface area (Å²) in [4.78, 5) is 14.5. The van der Waals surface area contributed by atoms with Gasteiger partial charge in [0.05, 0.1) is 0 Å². The number of carbonyl (C=O) groups excluding carboxylic acids is 1. The van der Waals surface area contributed by atoms with Gasteiger partial charge in [0.1, 0.15) is 0 Å². The van der Waals surface area contributed by atoms with Gasteiger partial charge in [-0.25, -0.2) is 0 Å². The molecule has 0 aromatic rings. The van der Waals surface area contributed by atoms with E-state index in [0.717, 1.165) is 25.7 Å². The standard InChI is InChI=1S/C16H30N2O/c1-4-13-18(14-7-5-6-8-14)15(19)9-10-16(2,3)11-12-17/h4,14H,1,5-13,17H2,2-3H3. The van der Waals surface area contributed by atoms with Gasteiger partial charge in [-0.2, -0.15) is 0 Å². The average Bonchev–Trinajstić information content (AvgIpc) is 2.86. The predicted octanol–water partition coefficient (Wildman–Crippen LogP) is 3.10. The summed E-state index contributed by atoms with van der Waals surface area (Å²) in [6.45, 7) is 9.56. The summed E-state index contributed by atoms with van der Waals surface area (Å²) < 4.78 is 0. The van der Waals surface area contributed by atoms with Gasteiger partial charge in [-0.1, -0.05) is 32.8 Å². The summed E-state index contributed by atoms with van der Waals surface area (Å²) in [6.07, 6.45) is 9.21. The van der Waals surface area contributed by atoms with E-state index in [1.54, 1.807) is 0 Å². The fraction of sp³-hybridized carbons (Fsp3) is 0.812. The lowest BCUT2D eigenvalue weighted by Gasteiger charge is -2.30. The van der Waals surface area contributed by atoms with Crippen LogP contribution in [0.2, 0.25) is 0 Å². The van der Waals surface area contributed by atoms with Gasteiger partial charge in [-0.15, -0.1) is 6.58 Å². The van der Waals surface area contributed by atoms with E-state index in [1.807, 2.05) is 11.0 Å². The third-order valence-corrected chi connectivity index (χ3v) is 4.25. The van der Waals surface area contributed by atoms with Crippen LogP contribution in [-0.2, 0) is 4.79 Å². The molecule has 1 rings (SSSR count). The van der Waals surface area contributed by atoms with Gasteiger partial charge in [0.2, 0.25) is 5.91 Å². The van der Waals surface area contributed by atoms with Crippen LogP contribution in [0.1, 0.15) is 58.8 Å². The number of hydrogen-bond donors (Lipinski definition) is 1.